The van der Waals surface area contributed by atoms with E-state index >= 15 is 0 Å². The molecule has 0 saturated carbocycles. The molecular formula is C28H24N6O. The van der Waals surface area contributed by atoms with Crippen LogP contribution in [0.5, 0.6) is 0 Å². The van der Waals surface area contributed by atoms with Crippen molar-refractivity contribution in [3.8, 4) is 11.1 Å². The van der Waals surface area contributed by atoms with Crippen molar-refractivity contribution in [2.24, 2.45) is 0 Å². The predicted molar refractivity (Wildman–Crippen MR) is 137 cm³/mol. The Hall–Kier alpha value is -4.65. The minimum atomic E-state index is -0.0648. The molecule has 0 saturated heterocycles. The van der Waals surface area contributed by atoms with Crippen LogP contribution in [0.25, 0.3) is 22.0 Å². The number of hydrogen-bond donors (Lipinski definition) is 1. The summed E-state index contributed by atoms with van der Waals surface area (Å²) >= 11 is 0. The molecule has 0 fully saturated rings. The van der Waals surface area contributed by atoms with Gasteiger partial charge in [-0.15, -0.1) is 0 Å². The third-order valence-electron chi connectivity index (χ3n) is 5.80. The number of hydrogen-bond acceptors (Lipinski definition) is 6. The molecule has 172 valence electrons. The molecule has 7 nitrogen and oxygen atoms in total. The first-order chi connectivity index (χ1) is 17.2. The molecule has 0 bridgehead atoms. The van der Waals surface area contributed by atoms with Crippen LogP contribution in [0, 0.1) is 0 Å². The van der Waals surface area contributed by atoms with Crippen LogP contribution in [0.2, 0.25) is 0 Å². The summed E-state index contributed by atoms with van der Waals surface area (Å²) in [5.41, 5.74) is 5.46. The molecule has 0 unspecified atom stereocenters. The molecule has 0 spiro atoms. The number of benzene rings is 2. The molecule has 2 aromatic carbocycles. The minimum absolute atomic E-state index is 0.0648. The van der Waals surface area contributed by atoms with Gasteiger partial charge < -0.3 is 10.2 Å². The lowest BCUT2D eigenvalue weighted by Crippen LogP contribution is -2.30. The van der Waals surface area contributed by atoms with Gasteiger partial charge in [-0.1, -0.05) is 30.3 Å². The highest BCUT2D eigenvalue weighted by molar-refractivity contribution is 5.94. The number of nitrogens with one attached hydrogen (secondary N) is 1. The van der Waals surface area contributed by atoms with Gasteiger partial charge >= 0.3 is 0 Å². The van der Waals surface area contributed by atoms with E-state index in [1.54, 1.807) is 37.1 Å². The number of fused-ring (bicyclic) bond motifs is 1. The van der Waals surface area contributed by atoms with E-state index in [0.717, 1.165) is 39.1 Å². The maximum atomic E-state index is 13.4. The van der Waals surface area contributed by atoms with Crippen molar-refractivity contribution < 1.29 is 4.79 Å². The molecular weight excluding hydrogens is 436 g/mol. The normalized spacial score (nSPS) is 10.8. The Balaban J connectivity index is 1.47. The maximum absolute atomic E-state index is 13.4. The summed E-state index contributed by atoms with van der Waals surface area (Å²) in [7, 11) is 1.85. The molecule has 3 heterocycles. The zero-order valence-electron chi connectivity index (χ0n) is 19.3. The summed E-state index contributed by atoms with van der Waals surface area (Å²) in [6, 6.07) is 23.6. The average molecular weight is 461 g/mol. The second-order valence-electron chi connectivity index (χ2n) is 8.12. The monoisotopic (exact) mass is 460 g/mol. The van der Waals surface area contributed by atoms with Crippen LogP contribution in [-0.2, 0) is 13.1 Å². The predicted octanol–water partition coefficient (Wildman–Crippen LogP) is 4.97. The Morgan fingerprint density at radius 1 is 0.829 bits per heavy atom. The second-order valence-corrected chi connectivity index (χ2v) is 8.12. The Bertz CT molecular complexity index is 1460. The maximum Gasteiger partial charge on any atom is 0.254 e. The number of aromatic nitrogens is 4. The number of amides is 1. The van der Waals surface area contributed by atoms with Gasteiger partial charge in [-0.2, -0.15) is 0 Å². The number of nitrogens with zero attached hydrogens (tertiary/aromatic N) is 5. The third kappa shape index (κ3) is 4.99. The van der Waals surface area contributed by atoms with Gasteiger partial charge in [-0.25, -0.2) is 9.97 Å². The number of carbonyl (C=O) groups excluding carboxylic acids is 1. The SMILES string of the molecule is CNc1ncnc2ccc(-c3cccc(CN(Cc4ccccn4)C(=O)c4ccncc4)c3)cc12. The largest absolute Gasteiger partial charge is 0.373 e. The quantitative estimate of drug-likeness (QED) is 0.369. The minimum Gasteiger partial charge on any atom is -0.373 e. The highest BCUT2D eigenvalue weighted by atomic mass is 16.2. The van der Waals surface area contributed by atoms with E-state index in [4.69, 9.17) is 0 Å². The molecule has 7 heteroatoms. The van der Waals surface area contributed by atoms with Crippen LogP contribution in [0.15, 0.2) is 97.7 Å². The van der Waals surface area contributed by atoms with Gasteiger partial charge in [-0.3, -0.25) is 14.8 Å². The summed E-state index contributed by atoms with van der Waals surface area (Å²) in [6.45, 7) is 0.856. The van der Waals surface area contributed by atoms with E-state index in [9.17, 15) is 4.79 Å². The van der Waals surface area contributed by atoms with Gasteiger partial charge in [0.1, 0.15) is 12.1 Å². The van der Waals surface area contributed by atoms with E-state index in [0.29, 0.717) is 18.7 Å². The number of anilines is 1. The summed E-state index contributed by atoms with van der Waals surface area (Å²) in [5, 5.41) is 4.09. The lowest BCUT2D eigenvalue weighted by Gasteiger charge is -2.23. The van der Waals surface area contributed by atoms with Crippen molar-refractivity contribution in [1.82, 2.24) is 24.8 Å². The lowest BCUT2D eigenvalue weighted by atomic mass is 10.0. The fourth-order valence-corrected chi connectivity index (χ4v) is 4.07. The molecule has 5 rings (SSSR count). The molecule has 0 aliphatic carbocycles. The standard InChI is InChI=1S/C28H24N6O/c1-29-27-25-16-23(8-9-26(25)32-19-33-27)22-6-4-5-20(15-22)17-34(18-24-7-2-3-12-31-24)28(35)21-10-13-30-14-11-21/h2-16,19H,17-18H2,1H3,(H,29,32,33). The zero-order valence-corrected chi connectivity index (χ0v) is 19.3. The van der Waals surface area contributed by atoms with Crippen molar-refractivity contribution in [1.29, 1.82) is 0 Å². The first-order valence-corrected chi connectivity index (χ1v) is 11.3. The third-order valence-corrected chi connectivity index (χ3v) is 5.80. The van der Waals surface area contributed by atoms with Crippen molar-refractivity contribution in [2.45, 2.75) is 13.1 Å². The summed E-state index contributed by atoms with van der Waals surface area (Å²) in [5.74, 6) is 0.725. The Kier molecular flexibility index (Phi) is 6.39. The van der Waals surface area contributed by atoms with Crippen LogP contribution in [0.4, 0.5) is 5.82 Å². The summed E-state index contributed by atoms with van der Waals surface area (Å²) in [6.07, 6.45) is 6.57. The molecule has 0 aliphatic rings. The van der Waals surface area contributed by atoms with Gasteiger partial charge in [0.05, 0.1) is 17.8 Å². The number of pyridine rings is 2. The van der Waals surface area contributed by atoms with Crippen LogP contribution < -0.4 is 5.32 Å². The van der Waals surface area contributed by atoms with Crippen molar-refractivity contribution >= 4 is 22.6 Å². The highest BCUT2D eigenvalue weighted by Crippen LogP contribution is 2.28. The molecule has 5 aromatic rings. The van der Waals surface area contributed by atoms with Gasteiger partial charge in [0.15, 0.2) is 0 Å². The van der Waals surface area contributed by atoms with Gasteiger partial charge in [-0.05, 0) is 59.2 Å². The van der Waals surface area contributed by atoms with Crippen LogP contribution in [0.3, 0.4) is 0 Å². The second kappa shape index (κ2) is 10.1. The van der Waals surface area contributed by atoms with Gasteiger partial charge in [0, 0.05) is 43.1 Å². The van der Waals surface area contributed by atoms with E-state index in [1.807, 2.05) is 48.3 Å². The lowest BCUT2D eigenvalue weighted by molar-refractivity contribution is 0.0727. The summed E-state index contributed by atoms with van der Waals surface area (Å²) in [4.78, 5) is 32.3. The van der Waals surface area contributed by atoms with Crippen molar-refractivity contribution in [3.63, 3.8) is 0 Å². The van der Waals surface area contributed by atoms with E-state index in [2.05, 4.69) is 49.5 Å². The van der Waals surface area contributed by atoms with E-state index in [-0.39, 0.29) is 5.91 Å². The topological polar surface area (TPSA) is 83.9 Å². The smallest absolute Gasteiger partial charge is 0.254 e. The average Bonchev–Trinajstić information content (AvgIpc) is 2.93. The molecule has 1 N–H and O–H groups in total. The fraction of sp³-hybridized carbons (Fsp3) is 0.107. The molecule has 0 aliphatic heterocycles. The van der Waals surface area contributed by atoms with E-state index < -0.39 is 0 Å². The number of carbonyl (C=O) groups is 1. The zero-order chi connectivity index (χ0) is 24.0. The molecule has 35 heavy (non-hydrogen) atoms. The fourth-order valence-electron chi connectivity index (χ4n) is 4.07. The van der Waals surface area contributed by atoms with E-state index in [1.165, 1.54) is 0 Å². The van der Waals surface area contributed by atoms with Gasteiger partial charge in [0.2, 0.25) is 0 Å². The van der Waals surface area contributed by atoms with Crippen LogP contribution in [-0.4, -0.2) is 37.8 Å². The highest BCUT2D eigenvalue weighted by Gasteiger charge is 2.17. The van der Waals surface area contributed by atoms with Crippen molar-refractivity contribution in [2.75, 3.05) is 12.4 Å². The van der Waals surface area contributed by atoms with Crippen molar-refractivity contribution in [3.05, 3.63) is 115 Å². The van der Waals surface area contributed by atoms with Crippen LogP contribution >= 0.6 is 0 Å². The number of rotatable bonds is 7. The molecule has 0 atom stereocenters. The molecule has 0 radical (unpaired) electrons. The Morgan fingerprint density at radius 2 is 1.69 bits per heavy atom. The van der Waals surface area contributed by atoms with Gasteiger partial charge in [0.25, 0.3) is 5.91 Å². The Morgan fingerprint density at radius 3 is 2.49 bits per heavy atom. The van der Waals surface area contributed by atoms with Crippen LogP contribution in [0.1, 0.15) is 21.6 Å². The first-order valence-electron chi connectivity index (χ1n) is 11.3. The molecule has 3 aromatic heterocycles. The Labute approximate surface area is 203 Å². The molecule has 1 amide bonds. The summed E-state index contributed by atoms with van der Waals surface area (Å²) < 4.78 is 0. The first kappa shape index (κ1) is 22.2.